The summed E-state index contributed by atoms with van der Waals surface area (Å²) in [4.78, 5) is 25.6. The highest BCUT2D eigenvalue weighted by Crippen LogP contribution is 2.24. The van der Waals surface area contributed by atoms with Gasteiger partial charge in [0.2, 0.25) is 5.91 Å². The standard InChI is InChI=1S/C15H14Cl2N4O3/c16-9-1-3-10(4-2-9)21-15(23)13(17)11(7-19-21)20-5-6-24-12(8-20)14(18)22/h1-4,7,12H,5-6,8H2,(H2,18,22). The number of rotatable bonds is 3. The molecule has 1 aliphatic rings. The number of morpholine rings is 1. The lowest BCUT2D eigenvalue weighted by molar-refractivity contribution is -0.130. The molecule has 1 amide bonds. The van der Waals surface area contributed by atoms with E-state index in [1.165, 1.54) is 10.9 Å². The number of anilines is 1. The van der Waals surface area contributed by atoms with Crippen LogP contribution >= 0.6 is 23.2 Å². The van der Waals surface area contributed by atoms with Crippen LogP contribution < -0.4 is 16.2 Å². The second-order valence-electron chi connectivity index (χ2n) is 5.24. The minimum absolute atomic E-state index is 0.0186. The lowest BCUT2D eigenvalue weighted by Gasteiger charge is -2.33. The molecule has 1 fully saturated rings. The largest absolute Gasteiger partial charge is 0.367 e. The number of nitrogens with two attached hydrogens (primary N) is 1. The van der Waals surface area contributed by atoms with Gasteiger partial charge in [0.25, 0.3) is 5.56 Å². The Bertz CT molecular complexity index is 822. The van der Waals surface area contributed by atoms with E-state index in [0.29, 0.717) is 29.5 Å². The average Bonchev–Trinajstić information content (AvgIpc) is 2.58. The van der Waals surface area contributed by atoms with Gasteiger partial charge in [0.15, 0.2) is 6.10 Å². The SMILES string of the molecule is NC(=O)C1CN(c2cnn(-c3ccc(Cl)cc3)c(=O)c2Cl)CCO1. The van der Waals surface area contributed by atoms with Crippen LogP contribution in [0.5, 0.6) is 0 Å². The first-order valence-electron chi connectivity index (χ1n) is 7.17. The first-order chi connectivity index (χ1) is 11.5. The molecule has 0 radical (unpaired) electrons. The number of halogens is 2. The average molecular weight is 369 g/mol. The maximum Gasteiger partial charge on any atom is 0.292 e. The van der Waals surface area contributed by atoms with Crippen LogP contribution in [0.2, 0.25) is 10.0 Å². The van der Waals surface area contributed by atoms with Gasteiger partial charge in [-0.05, 0) is 24.3 Å². The lowest BCUT2D eigenvalue weighted by Crippen LogP contribution is -2.49. The molecule has 0 spiro atoms. The van der Waals surface area contributed by atoms with Crippen molar-refractivity contribution < 1.29 is 9.53 Å². The second-order valence-corrected chi connectivity index (χ2v) is 6.06. The van der Waals surface area contributed by atoms with Crippen molar-refractivity contribution in [1.82, 2.24) is 9.78 Å². The van der Waals surface area contributed by atoms with Crippen LogP contribution in [0.1, 0.15) is 0 Å². The normalized spacial score (nSPS) is 17.8. The number of primary amides is 1. The molecule has 0 bridgehead atoms. The van der Waals surface area contributed by atoms with Crippen LogP contribution in [0.25, 0.3) is 5.69 Å². The van der Waals surface area contributed by atoms with Crippen molar-refractivity contribution in [2.45, 2.75) is 6.10 Å². The van der Waals surface area contributed by atoms with Gasteiger partial charge >= 0.3 is 0 Å². The zero-order chi connectivity index (χ0) is 17.3. The van der Waals surface area contributed by atoms with Crippen LogP contribution in [0, 0.1) is 0 Å². The molecule has 1 saturated heterocycles. The Morgan fingerprint density at radius 3 is 2.67 bits per heavy atom. The summed E-state index contributed by atoms with van der Waals surface area (Å²) in [6, 6.07) is 6.66. The number of aromatic nitrogens is 2. The van der Waals surface area contributed by atoms with Gasteiger partial charge in [-0.1, -0.05) is 23.2 Å². The molecule has 9 heteroatoms. The third-order valence-electron chi connectivity index (χ3n) is 3.70. The molecule has 2 aromatic rings. The van der Waals surface area contributed by atoms with Crippen molar-refractivity contribution in [2.24, 2.45) is 5.73 Å². The van der Waals surface area contributed by atoms with E-state index in [9.17, 15) is 9.59 Å². The minimum Gasteiger partial charge on any atom is -0.367 e. The molecule has 24 heavy (non-hydrogen) atoms. The first-order valence-corrected chi connectivity index (χ1v) is 7.92. The zero-order valence-electron chi connectivity index (χ0n) is 12.5. The minimum atomic E-state index is -0.742. The highest BCUT2D eigenvalue weighted by Gasteiger charge is 2.27. The summed E-state index contributed by atoms with van der Waals surface area (Å²) < 4.78 is 6.48. The summed E-state index contributed by atoms with van der Waals surface area (Å²) in [5, 5.41) is 4.74. The third kappa shape index (κ3) is 3.24. The van der Waals surface area contributed by atoms with Crippen LogP contribution in [0.15, 0.2) is 35.3 Å². The lowest BCUT2D eigenvalue weighted by atomic mass is 10.2. The molecule has 1 aromatic heterocycles. The molecule has 0 saturated carbocycles. The molecule has 1 aliphatic heterocycles. The number of benzene rings is 1. The molecular formula is C15H14Cl2N4O3. The summed E-state index contributed by atoms with van der Waals surface area (Å²) in [5.74, 6) is -0.557. The van der Waals surface area contributed by atoms with Gasteiger partial charge < -0.3 is 15.4 Å². The maximum atomic E-state index is 12.5. The van der Waals surface area contributed by atoms with E-state index in [1.807, 2.05) is 0 Å². The Balaban J connectivity index is 1.94. The molecule has 126 valence electrons. The van der Waals surface area contributed by atoms with E-state index in [0.717, 1.165) is 0 Å². The fraction of sp³-hybridized carbons (Fsp3) is 0.267. The number of ether oxygens (including phenoxy) is 1. The summed E-state index contributed by atoms with van der Waals surface area (Å²) >= 11 is 12.1. The molecule has 7 nitrogen and oxygen atoms in total. The number of amides is 1. The Morgan fingerprint density at radius 1 is 1.29 bits per heavy atom. The van der Waals surface area contributed by atoms with Crippen molar-refractivity contribution in [3.8, 4) is 5.69 Å². The number of hydrogen-bond donors (Lipinski definition) is 1. The van der Waals surface area contributed by atoms with Gasteiger partial charge in [-0.25, -0.2) is 0 Å². The molecular weight excluding hydrogens is 355 g/mol. The summed E-state index contributed by atoms with van der Waals surface area (Å²) in [6.45, 7) is 1.01. The van der Waals surface area contributed by atoms with E-state index in [-0.39, 0.29) is 11.6 Å². The molecule has 0 aliphatic carbocycles. The molecule has 2 N–H and O–H groups in total. The highest BCUT2D eigenvalue weighted by atomic mass is 35.5. The van der Waals surface area contributed by atoms with Gasteiger partial charge in [-0.15, -0.1) is 0 Å². The van der Waals surface area contributed by atoms with Crippen molar-refractivity contribution in [3.05, 3.63) is 50.9 Å². The van der Waals surface area contributed by atoms with E-state index in [4.69, 9.17) is 33.7 Å². The smallest absolute Gasteiger partial charge is 0.292 e. The Kier molecular flexibility index (Phi) is 4.75. The van der Waals surface area contributed by atoms with Crippen molar-refractivity contribution in [3.63, 3.8) is 0 Å². The number of nitrogens with zero attached hydrogens (tertiary/aromatic N) is 3. The van der Waals surface area contributed by atoms with Crippen molar-refractivity contribution >= 4 is 34.8 Å². The van der Waals surface area contributed by atoms with Crippen LogP contribution in [-0.2, 0) is 9.53 Å². The third-order valence-corrected chi connectivity index (χ3v) is 4.30. The zero-order valence-corrected chi connectivity index (χ0v) is 14.0. The topological polar surface area (TPSA) is 90.5 Å². The first kappa shape index (κ1) is 16.8. The van der Waals surface area contributed by atoms with Gasteiger partial charge in [-0.3, -0.25) is 9.59 Å². The van der Waals surface area contributed by atoms with Crippen molar-refractivity contribution in [2.75, 3.05) is 24.6 Å². The van der Waals surface area contributed by atoms with Gasteiger partial charge in [0.05, 0.1) is 30.7 Å². The summed E-state index contributed by atoms with van der Waals surface area (Å²) in [5.41, 5.74) is 5.81. The number of carbonyl (C=O) groups excluding carboxylic acids is 1. The van der Waals surface area contributed by atoms with E-state index in [2.05, 4.69) is 5.10 Å². The quantitative estimate of drug-likeness (QED) is 0.879. The van der Waals surface area contributed by atoms with Gasteiger partial charge in [0, 0.05) is 11.6 Å². The fourth-order valence-electron chi connectivity index (χ4n) is 2.45. The molecule has 1 unspecified atom stereocenters. The molecule has 3 rings (SSSR count). The molecule has 2 heterocycles. The van der Waals surface area contributed by atoms with Crippen molar-refractivity contribution in [1.29, 1.82) is 0 Å². The maximum absolute atomic E-state index is 12.5. The number of hydrogen-bond acceptors (Lipinski definition) is 5. The molecule has 1 atom stereocenters. The Labute approximate surface area is 147 Å². The van der Waals surface area contributed by atoms with Gasteiger partial charge in [-0.2, -0.15) is 9.78 Å². The highest BCUT2D eigenvalue weighted by molar-refractivity contribution is 6.33. The number of carbonyl (C=O) groups is 1. The Hall–Kier alpha value is -2.09. The van der Waals surface area contributed by atoms with E-state index in [1.54, 1.807) is 29.2 Å². The predicted octanol–water partition coefficient (Wildman–Crippen LogP) is 1.23. The second kappa shape index (κ2) is 6.80. The van der Waals surface area contributed by atoms with Crippen LogP contribution in [-0.4, -0.2) is 41.5 Å². The predicted molar refractivity (Wildman–Crippen MR) is 91.0 cm³/mol. The van der Waals surface area contributed by atoms with E-state index >= 15 is 0 Å². The van der Waals surface area contributed by atoms with Crippen LogP contribution in [0.4, 0.5) is 5.69 Å². The summed E-state index contributed by atoms with van der Waals surface area (Å²) in [6.07, 6.45) is 0.746. The summed E-state index contributed by atoms with van der Waals surface area (Å²) in [7, 11) is 0. The van der Waals surface area contributed by atoms with E-state index < -0.39 is 17.6 Å². The monoisotopic (exact) mass is 368 g/mol. The molecule has 1 aromatic carbocycles. The Morgan fingerprint density at radius 2 is 2.00 bits per heavy atom. The van der Waals surface area contributed by atoms with Gasteiger partial charge in [0.1, 0.15) is 5.02 Å². The van der Waals surface area contributed by atoms with Crippen LogP contribution in [0.3, 0.4) is 0 Å². The fourth-order valence-corrected chi connectivity index (χ4v) is 2.83.